The quantitative estimate of drug-likeness (QED) is 0.365. The zero-order chi connectivity index (χ0) is 7.94. The Bertz CT molecular complexity index is 211. The second-order valence-corrected chi connectivity index (χ2v) is 3.30. The van der Waals surface area contributed by atoms with Crippen molar-refractivity contribution in [2.75, 3.05) is 0 Å². The van der Waals surface area contributed by atoms with E-state index in [4.69, 9.17) is 0 Å². The number of hydrogen-bond acceptors (Lipinski definition) is 0. The van der Waals surface area contributed by atoms with Crippen molar-refractivity contribution in [2.45, 2.75) is 12.8 Å². The molecule has 0 amide bonds. The molecule has 0 spiro atoms. The molecule has 12 heavy (non-hydrogen) atoms. The van der Waals surface area contributed by atoms with Crippen molar-refractivity contribution in [3.63, 3.8) is 0 Å². The second kappa shape index (κ2) is 7.84. The van der Waals surface area contributed by atoms with Gasteiger partial charge >= 0.3 is 17.1 Å². The molecule has 2 rings (SSSR count). The summed E-state index contributed by atoms with van der Waals surface area (Å²) in [7, 11) is 0. The number of rotatable bonds is 0. The minimum atomic E-state index is 0. The Morgan fingerprint density at radius 3 is 2.25 bits per heavy atom. The van der Waals surface area contributed by atoms with Crippen molar-refractivity contribution in [1.82, 2.24) is 0 Å². The fourth-order valence-corrected chi connectivity index (χ4v) is 1.19. The van der Waals surface area contributed by atoms with Gasteiger partial charge in [-0.15, -0.1) is 12.8 Å². The summed E-state index contributed by atoms with van der Waals surface area (Å²) in [6.45, 7) is 0. The fraction of sp³-hybridized carbons (Fsp3) is 0.200. The van der Waals surface area contributed by atoms with Gasteiger partial charge in [-0.1, -0.05) is 22.6 Å². The zero-order valence-electron chi connectivity index (χ0n) is 6.53. The molecule has 0 bridgehead atoms. The molecule has 0 aromatic heterocycles. The molecule has 0 aliphatic heterocycles. The summed E-state index contributed by atoms with van der Waals surface area (Å²) in [5.74, 6) is 0. The Morgan fingerprint density at radius 2 is 2.08 bits per heavy atom. The minimum absolute atomic E-state index is 0. The first-order valence-corrected chi connectivity index (χ1v) is 4.62. The van der Waals surface area contributed by atoms with Crippen LogP contribution in [0.15, 0.2) is 34.0 Å². The Labute approximate surface area is 98.1 Å². The summed E-state index contributed by atoms with van der Waals surface area (Å²) in [6, 6.07) is 0. The van der Waals surface area contributed by atoms with Crippen LogP contribution in [0.5, 0.6) is 0 Å². The van der Waals surface area contributed by atoms with Gasteiger partial charge in [0.05, 0.1) is 0 Å². The normalized spacial score (nSPS) is 16.6. The third kappa shape index (κ3) is 5.81. The van der Waals surface area contributed by atoms with Crippen LogP contribution in [0.3, 0.4) is 0 Å². The third-order valence-corrected chi connectivity index (χ3v) is 1.98. The predicted octanol–water partition coefficient (Wildman–Crippen LogP) is 3.37. The van der Waals surface area contributed by atoms with E-state index in [-0.39, 0.29) is 17.1 Å². The molecule has 0 fully saturated rings. The first kappa shape index (κ1) is 12.2. The standard InChI is InChI=1S/C5H4I.C5H5.Fe/c6-5-3-1-2-4-5;1-2-4-5-3-1;/h1,3H,2H2;1-3H,4H2;/q2*-1;+2. The average Bonchev–Trinajstić information content (AvgIpc) is 2.57. The van der Waals surface area contributed by atoms with Crippen LogP contribution in [0.25, 0.3) is 0 Å². The van der Waals surface area contributed by atoms with Crippen LogP contribution >= 0.6 is 22.6 Å². The van der Waals surface area contributed by atoms with Crippen LogP contribution in [0, 0.1) is 12.2 Å². The monoisotopic (exact) mass is 312 g/mol. The SMILES string of the molecule is IC1=[C-]CC=C1.[C-]1=CC=CC1.[Fe+2]. The van der Waals surface area contributed by atoms with Crippen molar-refractivity contribution in [3.05, 3.63) is 46.1 Å². The van der Waals surface area contributed by atoms with E-state index in [9.17, 15) is 0 Å². The largest absolute Gasteiger partial charge is 2.00 e. The van der Waals surface area contributed by atoms with Gasteiger partial charge in [0.25, 0.3) is 0 Å². The van der Waals surface area contributed by atoms with Gasteiger partial charge in [0, 0.05) is 0 Å². The van der Waals surface area contributed by atoms with Crippen LogP contribution in [0.1, 0.15) is 12.8 Å². The molecule has 0 saturated heterocycles. The molecule has 2 aliphatic rings. The van der Waals surface area contributed by atoms with E-state index in [1.54, 1.807) is 0 Å². The molecule has 0 nitrogen and oxygen atoms in total. The molecule has 0 radical (unpaired) electrons. The Hall–Kier alpha value is 0.209. The molecule has 0 atom stereocenters. The van der Waals surface area contributed by atoms with Crippen molar-refractivity contribution in [2.24, 2.45) is 0 Å². The Kier molecular flexibility index (Phi) is 7.97. The van der Waals surface area contributed by atoms with Gasteiger partial charge in [0.15, 0.2) is 0 Å². The minimum Gasteiger partial charge on any atom is -0.273 e. The van der Waals surface area contributed by atoms with Crippen molar-refractivity contribution in [3.8, 4) is 0 Å². The molecule has 0 saturated carbocycles. The topological polar surface area (TPSA) is 0 Å². The van der Waals surface area contributed by atoms with Gasteiger partial charge in [0.2, 0.25) is 0 Å². The second-order valence-electron chi connectivity index (χ2n) is 2.13. The van der Waals surface area contributed by atoms with Crippen LogP contribution < -0.4 is 0 Å². The van der Waals surface area contributed by atoms with Crippen LogP contribution in [0.4, 0.5) is 0 Å². The average molecular weight is 312 g/mol. The molecule has 64 valence electrons. The van der Waals surface area contributed by atoms with Crippen LogP contribution in [-0.2, 0) is 17.1 Å². The van der Waals surface area contributed by atoms with Gasteiger partial charge < -0.3 is 0 Å². The summed E-state index contributed by atoms with van der Waals surface area (Å²) in [4.78, 5) is 0. The fourth-order valence-electron chi connectivity index (χ4n) is 0.718. The summed E-state index contributed by atoms with van der Waals surface area (Å²) in [5, 5.41) is 0. The molecular formula is C10H9FeI. The van der Waals surface area contributed by atoms with E-state index in [0.717, 1.165) is 12.8 Å². The molecule has 2 heteroatoms. The number of hydrogen-bond donors (Lipinski definition) is 0. The summed E-state index contributed by atoms with van der Waals surface area (Å²) < 4.78 is 1.24. The first-order valence-electron chi connectivity index (χ1n) is 3.54. The predicted molar refractivity (Wildman–Crippen MR) is 56.1 cm³/mol. The van der Waals surface area contributed by atoms with Crippen molar-refractivity contribution < 1.29 is 17.1 Å². The Balaban J connectivity index is 0.000000189. The van der Waals surface area contributed by atoms with Crippen molar-refractivity contribution >= 4 is 22.6 Å². The summed E-state index contributed by atoms with van der Waals surface area (Å²) >= 11 is 2.25. The number of allylic oxidation sites excluding steroid dienone is 8. The van der Waals surface area contributed by atoms with E-state index >= 15 is 0 Å². The van der Waals surface area contributed by atoms with Gasteiger partial charge in [-0.05, 0) is 0 Å². The van der Waals surface area contributed by atoms with E-state index < -0.39 is 0 Å². The smallest absolute Gasteiger partial charge is 0.273 e. The molecular weight excluding hydrogens is 303 g/mol. The third-order valence-electron chi connectivity index (χ3n) is 1.24. The van der Waals surface area contributed by atoms with E-state index in [0.29, 0.717) is 0 Å². The molecule has 0 aromatic rings. The molecule has 0 aromatic carbocycles. The van der Waals surface area contributed by atoms with Gasteiger partial charge in [-0.2, -0.15) is 15.7 Å². The van der Waals surface area contributed by atoms with Gasteiger partial charge in [0.1, 0.15) is 0 Å². The van der Waals surface area contributed by atoms with Crippen LogP contribution in [0.2, 0.25) is 0 Å². The number of halogens is 1. The van der Waals surface area contributed by atoms with Crippen molar-refractivity contribution in [1.29, 1.82) is 0 Å². The van der Waals surface area contributed by atoms with Gasteiger partial charge in [-0.3, -0.25) is 12.2 Å². The van der Waals surface area contributed by atoms with E-state index in [1.165, 1.54) is 3.58 Å². The zero-order valence-corrected chi connectivity index (χ0v) is 9.79. The summed E-state index contributed by atoms with van der Waals surface area (Å²) in [6.07, 6.45) is 18.3. The molecule has 0 unspecified atom stereocenters. The molecule has 0 N–H and O–H groups in total. The first-order chi connectivity index (χ1) is 5.39. The maximum absolute atomic E-state index is 3.11. The van der Waals surface area contributed by atoms with E-state index in [1.807, 2.05) is 12.2 Å². The maximum Gasteiger partial charge on any atom is 2.00 e. The molecule has 2 aliphatic carbocycles. The Morgan fingerprint density at radius 1 is 1.25 bits per heavy atom. The maximum atomic E-state index is 3.11. The van der Waals surface area contributed by atoms with Gasteiger partial charge in [-0.25, -0.2) is 18.2 Å². The van der Waals surface area contributed by atoms with Crippen LogP contribution in [-0.4, -0.2) is 0 Å². The van der Waals surface area contributed by atoms with E-state index in [2.05, 4.69) is 53.0 Å². The summed E-state index contributed by atoms with van der Waals surface area (Å²) in [5.41, 5.74) is 0. The molecule has 0 heterocycles.